The number of amides is 1. The van der Waals surface area contributed by atoms with E-state index in [2.05, 4.69) is 10.3 Å². The van der Waals surface area contributed by atoms with Gasteiger partial charge in [-0.15, -0.1) is 0 Å². The van der Waals surface area contributed by atoms with Crippen molar-refractivity contribution in [2.75, 3.05) is 5.32 Å². The van der Waals surface area contributed by atoms with Crippen molar-refractivity contribution < 1.29 is 14.1 Å². The Bertz CT molecular complexity index is 1050. The van der Waals surface area contributed by atoms with Gasteiger partial charge in [0.25, 0.3) is 5.56 Å². The van der Waals surface area contributed by atoms with Crippen LogP contribution in [0.4, 0.5) is 15.8 Å². The van der Waals surface area contributed by atoms with Gasteiger partial charge in [0.1, 0.15) is 6.54 Å². The summed E-state index contributed by atoms with van der Waals surface area (Å²) in [7, 11) is 0. The van der Waals surface area contributed by atoms with E-state index in [1.165, 1.54) is 12.4 Å². The van der Waals surface area contributed by atoms with Gasteiger partial charge < -0.3 is 5.32 Å². The molecule has 0 aliphatic rings. The molecular formula is C16H11FN4O4. The van der Waals surface area contributed by atoms with Gasteiger partial charge in [-0.1, -0.05) is 12.1 Å². The van der Waals surface area contributed by atoms with Crippen LogP contribution in [0.15, 0.2) is 53.6 Å². The second kappa shape index (κ2) is 6.48. The van der Waals surface area contributed by atoms with Crippen LogP contribution in [0.2, 0.25) is 0 Å². The number of anilines is 1. The maximum Gasteiger partial charge on any atom is 0.306 e. The Kier molecular flexibility index (Phi) is 4.21. The summed E-state index contributed by atoms with van der Waals surface area (Å²) in [6.45, 7) is -0.332. The summed E-state index contributed by atoms with van der Waals surface area (Å²) in [6, 6.07) is 9.70. The molecule has 25 heavy (non-hydrogen) atoms. The lowest BCUT2D eigenvalue weighted by Crippen LogP contribution is -2.27. The predicted octanol–water partition coefficient (Wildman–Crippen LogP) is 2.08. The molecule has 3 aromatic rings. The van der Waals surface area contributed by atoms with Gasteiger partial charge in [0.2, 0.25) is 11.7 Å². The van der Waals surface area contributed by atoms with E-state index in [0.717, 1.165) is 16.7 Å². The van der Waals surface area contributed by atoms with Crippen LogP contribution in [0.3, 0.4) is 0 Å². The monoisotopic (exact) mass is 342 g/mol. The number of fused-ring (bicyclic) bond motifs is 1. The van der Waals surface area contributed by atoms with Crippen molar-refractivity contribution >= 4 is 28.2 Å². The van der Waals surface area contributed by atoms with E-state index < -0.39 is 22.3 Å². The Morgan fingerprint density at radius 3 is 2.80 bits per heavy atom. The highest BCUT2D eigenvalue weighted by molar-refractivity contribution is 5.91. The van der Waals surface area contributed by atoms with Crippen molar-refractivity contribution in [1.82, 2.24) is 9.55 Å². The number of para-hydroxylation sites is 1. The number of halogens is 1. The number of aromatic nitrogens is 2. The lowest BCUT2D eigenvalue weighted by molar-refractivity contribution is -0.387. The number of carbonyl (C=O) groups is 1. The van der Waals surface area contributed by atoms with Crippen LogP contribution in [0, 0.1) is 15.9 Å². The van der Waals surface area contributed by atoms with Crippen molar-refractivity contribution in [2.45, 2.75) is 6.54 Å². The zero-order valence-electron chi connectivity index (χ0n) is 12.7. The molecule has 2 aromatic carbocycles. The second-order valence-electron chi connectivity index (χ2n) is 5.17. The maximum absolute atomic E-state index is 13.3. The minimum Gasteiger partial charge on any atom is -0.324 e. The third kappa shape index (κ3) is 3.34. The lowest BCUT2D eigenvalue weighted by atomic mass is 10.2. The number of nitrogens with one attached hydrogen (secondary N) is 1. The molecule has 9 heteroatoms. The summed E-state index contributed by atoms with van der Waals surface area (Å²) in [4.78, 5) is 38.3. The van der Waals surface area contributed by atoms with E-state index in [1.54, 1.807) is 24.3 Å². The van der Waals surface area contributed by atoms with Crippen LogP contribution in [0.25, 0.3) is 10.9 Å². The Morgan fingerprint density at radius 2 is 2.04 bits per heavy atom. The molecule has 0 saturated carbocycles. The van der Waals surface area contributed by atoms with Crippen LogP contribution >= 0.6 is 0 Å². The Labute approximate surface area is 139 Å². The van der Waals surface area contributed by atoms with Crippen molar-refractivity contribution in [3.05, 3.63) is 75.1 Å². The molecule has 0 radical (unpaired) electrons. The maximum atomic E-state index is 13.3. The highest BCUT2D eigenvalue weighted by atomic mass is 19.1. The summed E-state index contributed by atoms with van der Waals surface area (Å²) in [5.74, 6) is -1.60. The topological polar surface area (TPSA) is 107 Å². The van der Waals surface area contributed by atoms with Crippen LogP contribution in [-0.4, -0.2) is 20.4 Å². The molecule has 0 fully saturated rings. The van der Waals surface area contributed by atoms with E-state index in [-0.39, 0.29) is 17.8 Å². The molecule has 1 aromatic heterocycles. The van der Waals surface area contributed by atoms with Crippen molar-refractivity contribution in [3.8, 4) is 0 Å². The molecular weight excluding hydrogens is 331 g/mol. The quantitative estimate of drug-likeness (QED) is 0.577. The van der Waals surface area contributed by atoms with Crippen LogP contribution in [0.1, 0.15) is 0 Å². The Balaban J connectivity index is 1.82. The Hall–Kier alpha value is -3.62. The molecule has 0 aliphatic heterocycles. The first-order valence-electron chi connectivity index (χ1n) is 7.13. The second-order valence-corrected chi connectivity index (χ2v) is 5.17. The largest absolute Gasteiger partial charge is 0.324 e. The number of hydrogen-bond acceptors (Lipinski definition) is 5. The number of hydrogen-bond donors (Lipinski definition) is 1. The van der Waals surface area contributed by atoms with Crippen molar-refractivity contribution in [2.24, 2.45) is 0 Å². The molecule has 126 valence electrons. The summed E-state index contributed by atoms with van der Waals surface area (Å²) in [5.41, 5.74) is -0.564. The van der Waals surface area contributed by atoms with Gasteiger partial charge in [0, 0.05) is 11.8 Å². The van der Waals surface area contributed by atoms with Gasteiger partial charge in [-0.3, -0.25) is 24.3 Å². The van der Waals surface area contributed by atoms with E-state index in [4.69, 9.17) is 0 Å². The van der Waals surface area contributed by atoms with E-state index in [9.17, 15) is 24.1 Å². The highest BCUT2D eigenvalue weighted by Crippen LogP contribution is 2.21. The van der Waals surface area contributed by atoms with Crippen molar-refractivity contribution in [1.29, 1.82) is 0 Å². The van der Waals surface area contributed by atoms with Crippen LogP contribution in [0.5, 0.6) is 0 Å². The Morgan fingerprint density at radius 1 is 1.28 bits per heavy atom. The first-order valence-corrected chi connectivity index (χ1v) is 7.13. The zero-order valence-corrected chi connectivity index (χ0v) is 12.7. The molecule has 0 atom stereocenters. The van der Waals surface area contributed by atoms with E-state index >= 15 is 0 Å². The number of nitro benzene ring substituents is 1. The van der Waals surface area contributed by atoms with Crippen LogP contribution < -0.4 is 10.9 Å². The molecule has 1 N–H and O–H groups in total. The molecule has 1 amide bonds. The fourth-order valence-electron chi connectivity index (χ4n) is 2.30. The molecule has 8 nitrogen and oxygen atoms in total. The fourth-order valence-corrected chi connectivity index (χ4v) is 2.30. The molecule has 0 aliphatic carbocycles. The highest BCUT2D eigenvalue weighted by Gasteiger charge is 2.15. The average Bonchev–Trinajstić information content (AvgIpc) is 2.59. The van der Waals surface area contributed by atoms with Gasteiger partial charge in [-0.25, -0.2) is 4.98 Å². The average molecular weight is 342 g/mol. The van der Waals surface area contributed by atoms with E-state index in [1.807, 2.05) is 0 Å². The molecule has 0 spiro atoms. The summed E-state index contributed by atoms with van der Waals surface area (Å²) in [6.07, 6.45) is 1.25. The van der Waals surface area contributed by atoms with E-state index in [0.29, 0.717) is 10.9 Å². The third-order valence-electron chi connectivity index (χ3n) is 3.47. The van der Waals surface area contributed by atoms with Crippen molar-refractivity contribution in [3.63, 3.8) is 0 Å². The van der Waals surface area contributed by atoms with Gasteiger partial charge in [0.05, 0.1) is 22.2 Å². The predicted molar refractivity (Wildman–Crippen MR) is 87.7 cm³/mol. The number of benzene rings is 2. The lowest BCUT2D eigenvalue weighted by Gasteiger charge is -2.08. The van der Waals surface area contributed by atoms with Gasteiger partial charge in [-0.05, 0) is 24.3 Å². The number of rotatable bonds is 4. The first-order chi connectivity index (χ1) is 12.0. The van der Waals surface area contributed by atoms with Gasteiger partial charge >= 0.3 is 5.69 Å². The normalized spacial score (nSPS) is 10.6. The summed E-state index contributed by atoms with van der Waals surface area (Å²) in [5, 5.41) is 13.5. The smallest absolute Gasteiger partial charge is 0.306 e. The van der Waals surface area contributed by atoms with Crippen LogP contribution in [-0.2, 0) is 11.3 Å². The zero-order chi connectivity index (χ0) is 18.0. The number of carbonyl (C=O) groups excluding carboxylic acids is 1. The minimum absolute atomic E-state index is 0.0555. The summed E-state index contributed by atoms with van der Waals surface area (Å²) < 4.78 is 14.4. The van der Waals surface area contributed by atoms with Gasteiger partial charge in [0.15, 0.2) is 0 Å². The molecule has 0 saturated heterocycles. The molecule has 0 bridgehead atoms. The summed E-state index contributed by atoms with van der Waals surface area (Å²) >= 11 is 0. The minimum atomic E-state index is -1.00. The number of nitrogens with zero attached hydrogens (tertiary/aromatic N) is 3. The standard InChI is InChI=1S/C16H11FN4O4/c17-12-6-5-10(7-14(12)21(24)25)19-15(22)8-20-9-18-13-4-2-1-3-11(13)16(20)23/h1-7,9H,8H2,(H,19,22). The van der Waals surface area contributed by atoms with Gasteiger partial charge in [-0.2, -0.15) is 4.39 Å². The molecule has 0 unspecified atom stereocenters. The number of nitro groups is 1. The first kappa shape index (κ1) is 16.2. The fraction of sp³-hybridized carbons (Fsp3) is 0.0625. The molecule has 1 heterocycles. The molecule has 3 rings (SSSR count). The third-order valence-corrected chi connectivity index (χ3v) is 3.47. The SMILES string of the molecule is O=C(Cn1cnc2ccccc2c1=O)Nc1ccc(F)c([N+](=O)[O-])c1.